The molecule has 10 heteroatoms. The van der Waals surface area contributed by atoms with Gasteiger partial charge >= 0.3 is 0 Å². The molecule has 1 amide bonds. The second-order valence-corrected chi connectivity index (χ2v) is 6.90. The van der Waals surface area contributed by atoms with Crippen LogP contribution in [-0.4, -0.2) is 28.5 Å². The molecule has 2 aliphatic heterocycles. The normalized spacial score (nSPS) is 17.5. The van der Waals surface area contributed by atoms with Crippen molar-refractivity contribution in [3.63, 3.8) is 0 Å². The van der Waals surface area contributed by atoms with Crippen LogP contribution in [0.5, 0.6) is 11.5 Å². The van der Waals surface area contributed by atoms with E-state index in [4.69, 9.17) is 14.2 Å². The summed E-state index contributed by atoms with van der Waals surface area (Å²) in [5.41, 5.74) is 0.606. The van der Waals surface area contributed by atoms with Gasteiger partial charge in [0.25, 0.3) is 5.69 Å². The van der Waals surface area contributed by atoms with Crippen molar-refractivity contribution in [1.82, 2.24) is 5.01 Å². The standard InChI is InChI=1S/C17H12IN3O6/c1-9(22)20-17(27-16(19-20)10-4-2-3-5-12(10)18)11-6-14-15(26-8-25-14)7-13(11)21(23)24/h2-7,17H,8H2,1H3/t17-/m0/s1. The molecule has 0 aliphatic carbocycles. The highest BCUT2D eigenvalue weighted by molar-refractivity contribution is 14.1. The van der Waals surface area contributed by atoms with Crippen LogP contribution in [0.3, 0.4) is 0 Å². The summed E-state index contributed by atoms with van der Waals surface area (Å²) in [4.78, 5) is 23.1. The number of hydrazone groups is 1. The maximum absolute atomic E-state index is 12.1. The summed E-state index contributed by atoms with van der Waals surface area (Å²) in [5.74, 6) is 0.432. The molecule has 0 N–H and O–H groups in total. The largest absolute Gasteiger partial charge is 0.454 e. The quantitative estimate of drug-likeness (QED) is 0.379. The first-order valence-electron chi connectivity index (χ1n) is 7.83. The fourth-order valence-electron chi connectivity index (χ4n) is 2.82. The highest BCUT2D eigenvalue weighted by Gasteiger charge is 2.39. The van der Waals surface area contributed by atoms with Gasteiger partial charge in [-0.05, 0) is 34.7 Å². The number of benzene rings is 2. The van der Waals surface area contributed by atoms with Gasteiger partial charge in [0.05, 0.1) is 22.1 Å². The molecule has 0 unspecified atom stereocenters. The molecule has 2 aromatic carbocycles. The van der Waals surface area contributed by atoms with Gasteiger partial charge in [0, 0.05) is 16.6 Å². The fourth-order valence-corrected chi connectivity index (χ4v) is 3.43. The second kappa shape index (κ2) is 6.68. The lowest BCUT2D eigenvalue weighted by atomic mass is 10.1. The zero-order chi connectivity index (χ0) is 19.1. The first-order valence-corrected chi connectivity index (χ1v) is 8.91. The van der Waals surface area contributed by atoms with Gasteiger partial charge < -0.3 is 14.2 Å². The molecule has 27 heavy (non-hydrogen) atoms. The Bertz CT molecular complexity index is 993. The van der Waals surface area contributed by atoms with E-state index in [9.17, 15) is 14.9 Å². The van der Waals surface area contributed by atoms with Gasteiger partial charge in [0.1, 0.15) is 0 Å². The summed E-state index contributed by atoms with van der Waals surface area (Å²) in [6.45, 7) is 1.29. The summed E-state index contributed by atoms with van der Waals surface area (Å²) in [5, 5.41) is 16.9. The first-order chi connectivity index (χ1) is 13.0. The first kappa shape index (κ1) is 17.5. The molecule has 2 aromatic rings. The third-order valence-corrected chi connectivity index (χ3v) is 5.00. The number of carbonyl (C=O) groups excluding carboxylic acids is 1. The molecule has 0 radical (unpaired) electrons. The Morgan fingerprint density at radius 2 is 2.00 bits per heavy atom. The Hall–Kier alpha value is -2.89. The van der Waals surface area contributed by atoms with Crippen molar-refractivity contribution in [2.24, 2.45) is 5.10 Å². The molecule has 0 aromatic heterocycles. The number of nitro benzene ring substituents is 1. The molecule has 138 valence electrons. The summed E-state index contributed by atoms with van der Waals surface area (Å²) < 4.78 is 17.3. The van der Waals surface area contributed by atoms with Crippen molar-refractivity contribution >= 4 is 40.1 Å². The fraction of sp³-hybridized carbons (Fsp3) is 0.176. The predicted molar refractivity (Wildman–Crippen MR) is 101 cm³/mol. The number of carbonyl (C=O) groups is 1. The number of hydrogen-bond acceptors (Lipinski definition) is 7. The lowest BCUT2D eigenvalue weighted by molar-refractivity contribution is -0.386. The van der Waals surface area contributed by atoms with E-state index in [0.717, 1.165) is 8.58 Å². The topological polar surface area (TPSA) is 104 Å². The van der Waals surface area contributed by atoms with E-state index < -0.39 is 17.1 Å². The van der Waals surface area contributed by atoms with Crippen LogP contribution in [0.15, 0.2) is 41.5 Å². The van der Waals surface area contributed by atoms with E-state index >= 15 is 0 Å². The number of nitrogens with zero attached hydrogens (tertiary/aromatic N) is 3. The minimum Gasteiger partial charge on any atom is -0.454 e. The number of halogens is 1. The lowest BCUT2D eigenvalue weighted by Crippen LogP contribution is -2.26. The monoisotopic (exact) mass is 481 g/mol. The van der Waals surface area contributed by atoms with Crippen LogP contribution in [0.4, 0.5) is 5.69 Å². The Morgan fingerprint density at radius 3 is 2.67 bits per heavy atom. The van der Waals surface area contributed by atoms with E-state index in [1.807, 2.05) is 18.2 Å². The number of ether oxygens (including phenoxy) is 3. The molecular weight excluding hydrogens is 469 g/mol. The smallest absolute Gasteiger partial charge is 0.282 e. The molecular formula is C17H12IN3O6. The number of amides is 1. The van der Waals surface area contributed by atoms with Crippen molar-refractivity contribution < 1.29 is 23.9 Å². The van der Waals surface area contributed by atoms with Gasteiger partial charge in [0.15, 0.2) is 11.5 Å². The van der Waals surface area contributed by atoms with Crippen molar-refractivity contribution in [2.75, 3.05) is 6.79 Å². The third-order valence-electron chi connectivity index (χ3n) is 4.06. The van der Waals surface area contributed by atoms with Gasteiger partial charge in [-0.25, -0.2) is 0 Å². The minimum atomic E-state index is -1.08. The second-order valence-electron chi connectivity index (χ2n) is 5.74. The van der Waals surface area contributed by atoms with Crippen molar-refractivity contribution in [3.05, 3.63) is 61.2 Å². The molecule has 9 nitrogen and oxygen atoms in total. The number of fused-ring (bicyclic) bond motifs is 1. The highest BCUT2D eigenvalue weighted by Crippen LogP contribution is 2.43. The van der Waals surface area contributed by atoms with Crippen LogP contribution in [0.1, 0.15) is 24.3 Å². The van der Waals surface area contributed by atoms with Gasteiger partial charge in [-0.3, -0.25) is 14.9 Å². The Balaban J connectivity index is 1.79. The average Bonchev–Trinajstić information content (AvgIpc) is 3.27. The van der Waals surface area contributed by atoms with Crippen molar-refractivity contribution in [2.45, 2.75) is 13.2 Å². The Morgan fingerprint density at radius 1 is 1.30 bits per heavy atom. The number of hydrogen-bond donors (Lipinski definition) is 0. The highest BCUT2D eigenvalue weighted by atomic mass is 127. The molecule has 0 saturated carbocycles. The van der Waals surface area contributed by atoms with Crippen LogP contribution in [0.2, 0.25) is 0 Å². The van der Waals surface area contributed by atoms with Crippen LogP contribution in [0.25, 0.3) is 0 Å². The van der Waals surface area contributed by atoms with Crippen LogP contribution in [0, 0.1) is 13.7 Å². The molecule has 0 spiro atoms. The Kier molecular flexibility index (Phi) is 4.34. The summed E-state index contributed by atoms with van der Waals surface area (Å²) >= 11 is 2.13. The predicted octanol–water partition coefficient (Wildman–Crippen LogP) is 3.17. The van der Waals surface area contributed by atoms with Gasteiger partial charge in [0.2, 0.25) is 24.8 Å². The van der Waals surface area contributed by atoms with Gasteiger partial charge in [-0.15, -0.1) is 5.10 Å². The minimum absolute atomic E-state index is 0.0259. The number of rotatable bonds is 3. The van der Waals surface area contributed by atoms with Crippen LogP contribution >= 0.6 is 22.6 Å². The average molecular weight is 481 g/mol. The summed E-state index contributed by atoms with van der Waals surface area (Å²) in [6, 6.07) is 10.1. The molecule has 4 rings (SSSR count). The third kappa shape index (κ3) is 3.05. The van der Waals surface area contributed by atoms with E-state index in [1.165, 1.54) is 19.1 Å². The van der Waals surface area contributed by atoms with Crippen LogP contribution in [-0.2, 0) is 9.53 Å². The summed E-state index contributed by atoms with van der Waals surface area (Å²) in [7, 11) is 0. The molecule has 0 bridgehead atoms. The molecule has 0 fully saturated rings. The maximum atomic E-state index is 12.1. The van der Waals surface area contributed by atoms with Crippen LogP contribution < -0.4 is 9.47 Å². The van der Waals surface area contributed by atoms with E-state index in [-0.39, 0.29) is 29.7 Å². The zero-order valence-corrected chi connectivity index (χ0v) is 16.1. The van der Waals surface area contributed by atoms with E-state index in [2.05, 4.69) is 27.7 Å². The molecule has 0 saturated heterocycles. The molecule has 1 atom stereocenters. The molecule has 2 aliphatic rings. The van der Waals surface area contributed by atoms with E-state index in [0.29, 0.717) is 11.3 Å². The zero-order valence-electron chi connectivity index (χ0n) is 13.9. The van der Waals surface area contributed by atoms with Crippen molar-refractivity contribution in [3.8, 4) is 11.5 Å². The van der Waals surface area contributed by atoms with E-state index in [1.54, 1.807) is 6.07 Å². The number of nitro groups is 1. The lowest BCUT2D eigenvalue weighted by Gasteiger charge is -2.19. The SMILES string of the molecule is CC(=O)N1N=C(c2ccccc2I)O[C@H]1c1cc2c(cc1[N+](=O)[O-])OCO2. The van der Waals surface area contributed by atoms with Gasteiger partial charge in [-0.1, -0.05) is 12.1 Å². The van der Waals surface area contributed by atoms with Crippen molar-refractivity contribution in [1.29, 1.82) is 0 Å². The maximum Gasteiger partial charge on any atom is 0.282 e. The summed E-state index contributed by atoms with van der Waals surface area (Å²) in [6.07, 6.45) is -1.08. The molecule has 2 heterocycles. The van der Waals surface area contributed by atoms with Gasteiger partial charge in [-0.2, -0.15) is 5.01 Å². The Labute approximate surface area is 166 Å².